The number of hydrogen-bond donors (Lipinski definition) is 1. The molecule has 3 nitrogen and oxygen atoms in total. The number of nitrogens with one attached hydrogen (secondary N) is 1. The van der Waals surface area contributed by atoms with Gasteiger partial charge in [0.15, 0.2) is 0 Å². The molecule has 2 aromatic carbocycles. The molecule has 108 valence electrons. The average molecular weight is 344 g/mol. The van der Waals surface area contributed by atoms with Gasteiger partial charge in [-0.2, -0.15) is 0 Å². The molecule has 0 bridgehead atoms. The number of hydrogen-bond acceptors (Lipinski definition) is 2. The Kier molecular flexibility index (Phi) is 4.08. The highest BCUT2D eigenvalue weighted by atomic mass is 79.9. The second kappa shape index (κ2) is 6.00. The van der Waals surface area contributed by atoms with Crippen LogP contribution in [-0.2, 0) is 13.6 Å². The summed E-state index contributed by atoms with van der Waals surface area (Å²) in [6, 6.07) is 16.9. The molecule has 0 radical (unpaired) electrons. The maximum atomic E-state index is 4.68. The molecule has 0 saturated heterocycles. The molecular formula is C17H18BrN3. The molecule has 1 unspecified atom stereocenters. The Labute approximate surface area is 133 Å². The summed E-state index contributed by atoms with van der Waals surface area (Å²) in [4.78, 5) is 4.68. The third kappa shape index (κ3) is 3.01. The van der Waals surface area contributed by atoms with E-state index < -0.39 is 0 Å². The van der Waals surface area contributed by atoms with E-state index in [1.54, 1.807) is 0 Å². The maximum absolute atomic E-state index is 4.68. The van der Waals surface area contributed by atoms with E-state index in [-0.39, 0.29) is 6.04 Å². The van der Waals surface area contributed by atoms with Gasteiger partial charge in [0, 0.05) is 17.6 Å². The minimum Gasteiger partial charge on any atom is -0.330 e. The van der Waals surface area contributed by atoms with Crippen LogP contribution in [0.1, 0.15) is 24.4 Å². The van der Waals surface area contributed by atoms with Gasteiger partial charge in [-0.3, -0.25) is 0 Å². The lowest BCUT2D eigenvalue weighted by molar-refractivity contribution is 0.551. The Morgan fingerprint density at radius 2 is 1.86 bits per heavy atom. The predicted octanol–water partition coefficient (Wildman–Crippen LogP) is 4.19. The van der Waals surface area contributed by atoms with E-state index in [1.165, 1.54) is 11.1 Å². The van der Waals surface area contributed by atoms with Crippen LogP contribution < -0.4 is 5.32 Å². The summed E-state index contributed by atoms with van der Waals surface area (Å²) in [5.74, 6) is 1.06. The predicted molar refractivity (Wildman–Crippen MR) is 90.1 cm³/mol. The zero-order chi connectivity index (χ0) is 14.8. The fourth-order valence-electron chi connectivity index (χ4n) is 2.47. The number of fused-ring (bicyclic) bond motifs is 1. The summed E-state index contributed by atoms with van der Waals surface area (Å²) in [7, 11) is 2.07. The number of aromatic nitrogens is 2. The first-order chi connectivity index (χ1) is 10.1. The third-order valence-electron chi connectivity index (χ3n) is 3.82. The molecule has 1 heterocycles. The van der Waals surface area contributed by atoms with Crippen molar-refractivity contribution in [3.05, 3.63) is 64.4 Å². The van der Waals surface area contributed by atoms with Crippen LogP contribution in [0.25, 0.3) is 11.0 Å². The Bertz CT molecular complexity index is 746. The molecule has 1 atom stereocenters. The van der Waals surface area contributed by atoms with Crippen LogP contribution in [-0.4, -0.2) is 9.55 Å². The van der Waals surface area contributed by atoms with E-state index in [0.717, 1.165) is 22.4 Å². The third-order valence-corrected chi connectivity index (χ3v) is 4.34. The molecule has 0 fully saturated rings. The second-order valence-electron chi connectivity index (χ2n) is 5.23. The molecule has 1 N–H and O–H groups in total. The fraction of sp³-hybridized carbons (Fsp3) is 0.235. The molecule has 0 spiro atoms. The van der Waals surface area contributed by atoms with E-state index in [0.29, 0.717) is 0 Å². The van der Waals surface area contributed by atoms with Crippen molar-refractivity contribution in [2.24, 2.45) is 7.05 Å². The van der Waals surface area contributed by atoms with Gasteiger partial charge in [-0.25, -0.2) is 4.98 Å². The van der Waals surface area contributed by atoms with Crippen molar-refractivity contribution in [1.29, 1.82) is 0 Å². The summed E-state index contributed by atoms with van der Waals surface area (Å²) in [6.45, 7) is 2.92. The standard InChI is InChI=1S/C17H18BrN3/c1-12(13-7-9-14(18)10-8-13)19-11-17-20-15-5-3-4-6-16(15)21(17)2/h3-10,12,19H,11H2,1-2H3. The lowest BCUT2D eigenvalue weighted by Gasteiger charge is -2.14. The number of halogens is 1. The molecule has 21 heavy (non-hydrogen) atoms. The number of nitrogens with zero attached hydrogens (tertiary/aromatic N) is 2. The quantitative estimate of drug-likeness (QED) is 0.769. The summed E-state index contributed by atoms with van der Waals surface area (Å²) in [6.07, 6.45) is 0. The largest absolute Gasteiger partial charge is 0.330 e. The van der Waals surface area contributed by atoms with Gasteiger partial charge < -0.3 is 9.88 Å². The van der Waals surface area contributed by atoms with Gasteiger partial charge in [0.2, 0.25) is 0 Å². The number of rotatable bonds is 4. The highest BCUT2D eigenvalue weighted by Gasteiger charge is 2.09. The first-order valence-corrected chi connectivity index (χ1v) is 7.83. The van der Waals surface area contributed by atoms with E-state index >= 15 is 0 Å². The molecule has 3 rings (SSSR count). The van der Waals surface area contributed by atoms with Crippen molar-refractivity contribution in [3.8, 4) is 0 Å². The van der Waals surface area contributed by atoms with Gasteiger partial charge in [0.05, 0.1) is 17.6 Å². The minimum absolute atomic E-state index is 0.290. The average Bonchev–Trinajstić information content (AvgIpc) is 2.82. The zero-order valence-electron chi connectivity index (χ0n) is 12.2. The first-order valence-electron chi connectivity index (χ1n) is 7.04. The van der Waals surface area contributed by atoms with Crippen molar-refractivity contribution >= 4 is 27.0 Å². The maximum Gasteiger partial charge on any atom is 0.123 e. The topological polar surface area (TPSA) is 29.9 Å². The van der Waals surface area contributed by atoms with Crippen LogP contribution in [0.2, 0.25) is 0 Å². The Balaban J connectivity index is 1.74. The van der Waals surface area contributed by atoms with Crippen molar-refractivity contribution in [2.75, 3.05) is 0 Å². The van der Waals surface area contributed by atoms with Gasteiger partial charge in [0.1, 0.15) is 5.82 Å². The van der Waals surface area contributed by atoms with Crippen LogP contribution >= 0.6 is 15.9 Å². The van der Waals surface area contributed by atoms with Crippen molar-refractivity contribution in [2.45, 2.75) is 19.5 Å². The summed E-state index contributed by atoms with van der Waals surface area (Å²) >= 11 is 3.47. The smallest absolute Gasteiger partial charge is 0.123 e. The monoisotopic (exact) mass is 343 g/mol. The highest BCUT2D eigenvalue weighted by molar-refractivity contribution is 9.10. The number of benzene rings is 2. The fourth-order valence-corrected chi connectivity index (χ4v) is 2.73. The summed E-state index contributed by atoms with van der Waals surface area (Å²) in [5.41, 5.74) is 3.50. The van der Waals surface area contributed by atoms with E-state index in [9.17, 15) is 0 Å². The SMILES string of the molecule is CC(NCc1nc2ccccc2n1C)c1ccc(Br)cc1. The molecule has 3 aromatic rings. The van der Waals surface area contributed by atoms with Crippen LogP contribution in [0.3, 0.4) is 0 Å². The van der Waals surface area contributed by atoms with Crippen LogP contribution in [0.15, 0.2) is 53.0 Å². The number of para-hydroxylation sites is 2. The lowest BCUT2D eigenvalue weighted by Crippen LogP contribution is -2.20. The van der Waals surface area contributed by atoms with Gasteiger partial charge in [-0.05, 0) is 36.8 Å². The van der Waals surface area contributed by atoms with Crippen LogP contribution in [0.5, 0.6) is 0 Å². The van der Waals surface area contributed by atoms with Gasteiger partial charge in [-0.15, -0.1) is 0 Å². The lowest BCUT2D eigenvalue weighted by atomic mass is 10.1. The summed E-state index contributed by atoms with van der Waals surface area (Å²) < 4.78 is 3.25. The normalized spacial score (nSPS) is 12.7. The summed E-state index contributed by atoms with van der Waals surface area (Å²) in [5, 5.41) is 3.54. The van der Waals surface area contributed by atoms with E-state index in [1.807, 2.05) is 12.1 Å². The van der Waals surface area contributed by atoms with Gasteiger partial charge in [-0.1, -0.05) is 40.2 Å². The van der Waals surface area contributed by atoms with Crippen molar-refractivity contribution in [3.63, 3.8) is 0 Å². The Morgan fingerprint density at radius 1 is 1.14 bits per heavy atom. The molecule has 1 aromatic heterocycles. The molecule has 0 amide bonds. The highest BCUT2D eigenvalue weighted by Crippen LogP contribution is 2.18. The second-order valence-corrected chi connectivity index (χ2v) is 6.15. The molecule has 0 aliphatic carbocycles. The molecule has 0 aliphatic rings. The molecular weight excluding hydrogens is 326 g/mol. The van der Waals surface area contributed by atoms with Crippen LogP contribution in [0.4, 0.5) is 0 Å². The number of aryl methyl sites for hydroxylation is 1. The van der Waals surface area contributed by atoms with Gasteiger partial charge in [0.25, 0.3) is 0 Å². The number of imidazole rings is 1. The molecule has 0 aliphatic heterocycles. The van der Waals surface area contributed by atoms with Crippen molar-refractivity contribution in [1.82, 2.24) is 14.9 Å². The van der Waals surface area contributed by atoms with E-state index in [2.05, 4.69) is 81.2 Å². The van der Waals surface area contributed by atoms with Crippen LogP contribution in [0, 0.1) is 0 Å². The molecule has 4 heteroatoms. The zero-order valence-corrected chi connectivity index (χ0v) is 13.8. The first kappa shape index (κ1) is 14.3. The minimum atomic E-state index is 0.290. The van der Waals surface area contributed by atoms with Crippen molar-refractivity contribution < 1.29 is 0 Å². The molecule has 0 saturated carbocycles. The Morgan fingerprint density at radius 3 is 2.57 bits per heavy atom. The van der Waals surface area contributed by atoms with Gasteiger partial charge >= 0.3 is 0 Å². The van der Waals surface area contributed by atoms with E-state index in [4.69, 9.17) is 0 Å². The Hall–Kier alpha value is -1.65.